The smallest absolute Gasteiger partial charge is 0.269 e. The first-order valence-electron chi connectivity index (χ1n) is 9.82. The molecule has 1 atom stereocenters. The van der Waals surface area contributed by atoms with Gasteiger partial charge in [0.25, 0.3) is 11.8 Å². The van der Waals surface area contributed by atoms with Gasteiger partial charge in [0, 0.05) is 33.1 Å². The molecule has 0 aliphatic heterocycles. The van der Waals surface area contributed by atoms with Crippen LogP contribution >= 0.6 is 45.5 Å². The van der Waals surface area contributed by atoms with Gasteiger partial charge in [-0.2, -0.15) is 0 Å². The first kappa shape index (κ1) is 22.8. The van der Waals surface area contributed by atoms with Crippen molar-refractivity contribution in [3.63, 3.8) is 0 Å². The zero-order chi connectivity index (χ0) is 22.8. The standard InChI is InChI=1S/C23H20ClIN4O2S/c1-14-17(8-16(25)9-18(14)24)23(31)28(2)19(15-6-4-3-5-7-15)10-27-22(30)20-12-32-21-11-26-13-29(20)21/h3-9,11-13,19H,10H2,1-2H3,(H,27,30). The number of aromatic nitrogens is 2. The second-order valence-corrected chi connectivity index (χ2v) is 9.88. The minimum atomic E-state index is -0.361. The SMILES string of the molecule is Cc1c(Cl)cc(I)cc1C(=O)N(C)C(CNC(=O)c1csc2cncn12)c1ccccc1. The van der Waals surface area contributed by atoms with E-state index in [-0.39, 0.29) is 24.4 Å². The lowest BCUT2D eigenvalue weighted by molar-refractivity contribution is 0.0715. The number of imidazole rings is 1. The Kier molecular flexibility index (Phi) is 6.82. The molecule has 2 heterocycles. The summed E-state index contributed by atoms with van der Waals surface area (Å²) in [5, 5.41) is 5.35. The van der Waals surface area contributed by atoms with E-state index < -0.39 is 0 Å². The average molecular weight is 579 g/mol. The number of thiazole rings is 1. The first-order chi connectivity index (χ1) is 15.4. The summed E-state index contributed by atoms with van der Waals surface area (Å²) in [5.41, 5.74) is 2.73. The number of nitrogens with one attached hydrogen (secondary N) is 1. The van der Waals surface area contributed by atoms with Crippen molar-refractivity contribution in [2.24, 2.45) is 0 Å². The largest absolute Gasteiger partial charge is 0.348 e. The van der Waals surface area contributed by atoms with Gasteiger partial charge in [0.1, 0.15) is 16.9 Å². The lowest BCUT2D eigenvalue weighted by atomic mass is 10.0. The van der Waals surface area contributed by atoms with Crippen molar-refractivity contribution in [2.75, 3.05) is 13.6 Å². The highest BCUT2D eigenvalue weighted by Crippen LogP contribution is 2.27. The van der Waals surface area contributed by atoms with E-state index in [1.807, 2.05) is 49.4 Å². The van der Waals surface area contributed by atoms with Crippen LogP contribution < -0.4 is 5.32 Å². The molecule has 0 aliphatic rings. The zero-order valence-electron chi connectivity index (χ0n) is 17.4. The number of nitrogens with zero attached hydrogens (tertiary/aromatic N) is 3. The summed E-state index contributed by atoms with van der Waals surface area (Å²) in [6.07, 6.45) is 3.34. The fourth-order valence-corrected chi connectivity index (χ4v) is 5.38. The van der Waals surface area contributed by atoms with Gasteiger partial charge in [-0.3, -0.25) is 14.0 Å². The second-order valence-electron chi connectivity index (χ2n) is 7.34. The fraction of sp³-hybridized carbons (Fsp3) is 0.174. The van der Waals surface area contributed by atoms with E-state index in [1.165, 1.54) is 11.3 Å². The van der Waals surface area contributed by atoms with E-state index in [4.69, 9.17) is 11.6 Å². The molecule has 2 amide bonds. The van der Waals surface area contributed by atoms with Gasteiger partial charge < -0.3 is 10.2 Å². The van der Waals surface area contributed by atoms with E-state index in [9.17, 15) is 9.59 Å². The van der Waals surface area contributed by atoms with Crippen molar-refractivity contribution in [1.29, 1.82) is 0 Å². The van der Waals surface area contributed by atoms with Crippen LogP contribution in [0.3, 0.4) is 0 Å². The van der Waals surface area contributed by atoms with Gasteiger partial charge in [-0.15, -0.1) is 11.3 Å². The molecule has 2 aromatic heterocycles. The maximum atomic E-state index is 13.4. The summed E-state index contributed by atoms with van der Waals surface area (Å²) in [7, 11) is 1.75. The topological polar surface area (TPSA) is 66.7 Å². The zero-order valence-corrected chi connectivity index (χ0v) is 21.1. The average Bonchev–Trinajstić information content (AvgIpc) is 3.40. The predicted molar refractivity (Wildman–Crippen MR) is 136 cm³/mol. The summed E-state index contributed by atoms with van der Waals surface area (Å²) in [6.45, 7) is 2.10. The molecule has 32 heavy (non-hydrogen) atoms. The third kappa shape index (κ3) is 4.53. The summed E-state index contributed by atoms with van der Waals surface area (Å²) in [5.74, 6) is -0.372. The third-order valence-electron chi connectivity index (χ3n) is 5.36. The van der Waals surface area contributed by atoms with Crippen LogP contribution in [0.1, 0.15) is 38.0 Å². The molecule has 2 aromatic carbocycles. The maximum Gasteiger partial charge on any atom is 0.269 e. The van der Waals surface area contributed by atoms with E-state index >= 15 is 0 Å². The molecule has 0 bridgehead atoms. The molecule has 164 valence electrons. The Hall–Kier alpha value is -2.43. The van der Waals surface area contributed by atoms with E-state index in [0.717, 1.165) is 19.5 Å². The normalized spacial score (nSPS) is 12.0. The van der Waals surface area contributed by atoms with Crippen LogP contribution in [0.5, 0.6) is 0 Å². The molecule has 0 spiro atoms. The lowest BCUT2D eigenvalue weighted by Gasteiger charge is -2.29. The van der Waals surface area contributed by atoms with Crippen molar-refractivity contribution in [2.45, 2.75) is 13.0 Å². The Bertz CT molecular complexity index is 1290. The van der Waals surface area contributed by atoms with Gasteiger partial charge in [-0.05, 0) is 52.8 Å². The van der Waals surface area contributed by atoms with Gasteiger partial charge in [-0.25, -0.2) is 4.98 Å². The van der Waals surface area contributed by atoms with E-state index in [0.29, 0.717) is 16.3 Å². The Balaban J connectivity index is 1.60. The maximum absolute atomic E-state index is 13.4. The minimum absolute atomic E-state index is 0.154. The van der Waals surface area contributed by atoms with Gasteiger partial charge >= 0.3 is 0 Å². The van der Waals surface area contributed by atoms with Crippen molar-refractivity contribution in [1.82, 2.24) is 19.6 Å². The number of likely N-dealkylation sites (N-methyl/N-ethyl adjacent to an activating group) is 1. The van der Waals surface area contributed by atoms with Crippen molar-refractivity contribution in [3.8, 4) is 0 Å². The lowest BCUT2D eigenvalue weighted by Crippen LogP contribution is -2.39. The molecule has 0 saturated heterocycles. The number of benzene rings is 2. The highest BCUT2D eigenvalue weighted by atomic mass is 127. The number of carbonyl (C=O) groups excluding carboxylic acids is 2. The van der Waals surface area contributed by atoms with E-state index in [2.05, 4.69) is 32.9 Å². The Morgan fingerprint density at radius 1 is 1.28 bits per heavy atom. The van der Waals surface area contributed by atoms with Crippen molar-refractivity contribution >= 4 is 62.2 Å². The number of hydrogen-bond donors (Lipinski definition) is 1. The molecule has 1 unspecified atom stereocenters. The van der Waals surface area contributed by atoms with Crippen LogP contribution in [0, 0.1) is 10.5 Å². The molecule has 6 nitrogen and oxygen atoms in total. The number of halogens is 2. The van der Waals surface area contributed by atoms with Gasteiger partial charge in [-0.1, -0.05) is 41.9 Å². The van der Waals surface area contributed by atoms with Crippen LogP contribution in [-0.2, 0) is 0 Å². The molecular weight excluding hydrogens is 559 g/mol. The fourth-order valence-electron chi connectivity index (χ4n) is 3.52. The first-order valence-corrected chi connectivity index (χ1v) is 12.2. The number of hydrogen-bond acceptors (Lipinski definition) is 4. The van der Waals surface area contributed by atoms with Crippen molar-refractivity contribution in [3.05, 3.63) is 91.3 Å². The number of amides is 2. The van der Waals surface area contributed by atoms with Crippen LogP contribution in [0.25, 0.3) is 4.83 Å². The number of fused-ring (bicyclic) bond motifs is 1. The van der Waals surface area contributed by atoms with Crippen LogP contribution in [0.2, 0.25) is 5.02 Å². The van der Waals surface area contributed by atoms with Crippen LogP contribution in [0.4, 0.5) is 0 Å². The minimum Gasteiger partial charge on any atom is -0.348 e. The third-order valence-corrected chi connectivity index (χ3v) is 7.26. The van der Waals surface area contributed by atoms with Crippen LogP contribution in [-0.4, -0.2) is 39.7 Å². The molecule has 9 heteroatoms. The Morgan fingerprint density at radius 3 is 2.78 bits per heavy atom. The molecule has 0 aliphatic carbocycles. The number of rotatable bonds is 6. The van der Waals surface area contributed by atoms with Gasteiger partial charge in [0.2, 0.25) is 0 Å². The van der Waals surface area contributed by atoms with Gasteiger partial charge in [0.15, 0.2) is 0 Å². The highest BCUT2D eigenvalue weighted by molar-refractivity contribution is 14.1. The summed E-state index contributed by atoms with van der Waals surface area (Å²) in [4.78, 5) is 33.0. The molecule has 4 rings (SSSR count). The Morgan fingerprint density at radius 2 is 2.03 bits per heavy atom. The summed E-state index contributed by atoms with van der Waals surface area (Å²) >= 11 is 9.93. The van der Waals surface area contributed by atoms with Gasteiger partial charge in [0.05, 0.1) is 12.2 Å². The van der Waals surface area contributed by atoms with E-state index in [1.54, 1.807) is 34.3 Å². The molecule has 1 N–H and O–H groups in total. The predicted octanol–water partition coefficient (Wildman–Crippen LogP) is 5.21. The molecule has 4 aromatic rings. The van der Waals surface area contributed by atoms with Crippen LogP contribution in [0.15, 0.2) is 60.4 Å². The number of carbonyl (C=O) groups is 2. The molecule has 0 saturated carbocycles. The highest BCUT2D eigenvalue weighted by Gasteiger charge is 2.26. The molecule has 0 radical (unpaired) electrons. The molecule has 0 fully saturated rings. The second kappa shape index (κ2) is 9.60. The monoisotopic (exact) mass is 578 g/mol. The summed E-state index contributed by atoms with van der Waals surface area (Å²) < 4.78 is 2.64. The quantitative estimate of drug-likeness (QED) is 0.320. The van der Waals surface area contributed by atoms with Crippen molar-refractivity contribution < 1.29 is 9.59 Å². The summed E-state index contributed by atoms with van der Waals surface area (Å²) in [6, 6.07) is 13.0. The molecular formula is C23H20ClIN4O2S. The Labute approximate surface area is 208 Å².